The fraction of sp³-hybridized carbons (Fsp3) is 0.571. The van der Waals surface area contributed by atoms with Crippen LogP contribution >= 0.6 is 0 Å². The fourth-order valence-corrected chi connectivity index (χ4v) is 4.98. The van der Waals surface area contributed by atoms with E-state index in [1.54, 1.807) is 6.92 Å². The minimum absolute atomic E-state index is 0.0631. The van der Waals surface area contributed by atoms with Crippen molar-refractivity contribution in [2.45, 2.75) is 46.0 Å². The summed E-state index contributed by atoms with van der Waals surface area (Å²) in [7, 11) is 0. The maximum Gasteiger partial charge on any atom is 0.433 e. The molecule has 0 unspecified atom stereocenters. The summed E-state index contributed by atoms with van der Waals surface area (Å²) < 4.78 is 67.6. The first-order chi connectivity index (χ1) is 16.5. The van der Waals surface area contributed by atoms with Gasteiger partial charge in [0.1, 0.15) is 23.2 Å². The molecule has 0 bridgehead atoms. The van der Waals surface area contributed by atoms with Gasteiger partial charge in [0.2, 0.25) is 0 Å². The van der Waals surface area contributed by atoms with E-state index in [0.717, 1.165) is 17.1 Å². The summed E-state index contributed by atoms with van der Waals surface area (Å²) in [6, 6.07) is 0.972. The van der Waals surface area contributed by atoms with Crippen molar-refractivity contribution in [3.63, 3.8) is 0 Å². The molecule has 5 heterocycles. The molecule has 1 spiro atoms. The Morgan fingerprint density at radius 1 is 1.03 bits per heavy atom. The molecule has 0 N–H and O–H groups in total. The normalized spacial score (nSPS) is 17.7. The second-order valence-electron chi connectivity index (χ2n) is 9.09. The van der Waals surface area contributed by atoms with Gasteiger partial charge in [-0.15, -0.1) is 0 Å². The van der Waals surface area contributed by atoms with E-state index in [1.807, 2.05) is 9.80 Å². The van der Waals surface area contributed by atoms with Crippen molar-refractivity contribution in [2.24, 2.45) is 5.41 Å². The molecule has 35 heavy (non-hydrogen) atoms. The molecule has 0 aromatic carbocycles. The van der Waals surface area contributed by atoms with E-state index in [0.29, 0.717) is 32.0 Å². The van der Waals surface area contributed by atoms with Gasteiger partial charge in [0.25, 0.3) is 6.43 Å². The second-order valence-corrected chi connectivity index (χ2v) is 9.09. The maximum atomic E-state index is 13.1. The van der Waals surface area contributed by atoms with Crippen LogP contribution in [0.1, 0.15) is 24.9 Å². The molecule has 0 amide bonds. The molecular formula is C21H23F5N8O. The van der Waals surface area contributed by atoms with Gasteiger partial charge in [-0.3, -0.25) is 9.13 Å². The molecule has 2 saturated heterocycles. The van der Waals surface area contributed by atoms with Crippen LogP contribution in [0.2, 0.25) is 0 Å². The summed E-state index contributed by atoms with van der Waals surface area (Å²) in [5.41, 5.74) is -1.31. The van der Waals surface area contributed by atoms with Crippen molar-refractivity contribution in [3.8, 4) is 0 Å². The molecule has 0 atom stereocenters. The smallest absolute Gasteiger partial charge is 0.355 e. The van der Waals surface area contributed by atoms with Gasteiger partial charge in [0.15, 0.2) is 11.3 Å². The van der Waals surface area contributed by atoms with Crippen LogP contribution in [0.4, 0.5) is 33.6 Å². The number of imidazole rings is 1. The van der Waals surface area contributed by atoms with Crippen molar-refractivity contribution in [1.29, 1.82) is 0 Å². The van der Waals surface area contributed by atoms with Crippen molar-refractivity contribution < 1.29 is 22.0 Å². The molecule has 5 rings (SSSR count). The molecule has 9 nitrogen and oxygen atoms in total. The summed E-state index contributed by atoms with van der Waals surface area (Å²) in [6.07, 6.45) is -4.97. The molecule has 0 radical (unpaired) electrons. The van der Waals surface area contributed by atoms with Crippen LogP contribution in [0.5, 0.6) is 0 Å². The van der Waals surface area contributed by atoms with E-state index in [9.17, 15) is 26.7 Å². The van der Waals surface area contributed by atoms with Gasteiger partial charge >= 0.3 is 11.9 Å². The van der Waals surface area contributed by atoms with Crippen LogP contribution in [0, 0.1) is 12.3 Å². The number of fused-ring (bicyclic) bond motifs is 1. The Hall–Kier alpha value is -3.32. The van der Waals surface area contributed by atoms with E-state index < -0.39 is 30.5 Å². The summed E-state index contributed by atoms with van der Waals surface area (Å²) in [6.45, 7) is 5.01. The van der Waals surface area contributed by atoms with Crippen molar-refractivity contribution >= 4 is 22.9 Å². The molecule has 2 aliphatic heterocycles. The lowest BCUT2D eigenvalue weighted by Gasteiger charge is -2.48. The number of aromatic nitrogens is 6. The molecule has 3 aromatic heterocycles. The highest BCUT2D eigenvalue weighted by Gasteiger charge is 2.49. The average Bonchev–Trinajstić information content (AvgIpc) is 3.31. The fourth-order valence-electron chi connectivity index (χ4n) is 4.98. The minimum atomic E-state index is -4.54. The number of alkyl halides is 5. The summed E-state index contributed by atoms with van der Waals surface area (Å²) in [5.74, 6) is 0.844. The number of anilines is 2. The van der Waals surface area contributed by atoms with Gasteiger partial charge in [0.05, 0.1) is 12.7 Å². The quantitative estimate of drug-likeness (QED) is 0.500. The van der Waals surface area contributed by atoms with Gasteiger partial charge < -0.3 is 9.80 Å². The Morgan fingerprint density at radius 3 is 2.40 bits per heavy atom. The summed E-state index contributed by atoms with van der Waals surface area (Å²) in [5, 5.41) is 0. The SMILES string of the molecule is CCn1c(=O)n(CC(F)F)c2ncc(N3CCC4(CN(c5cc(C(F)(F)F)nc(C)n5)C4)C3)nc21. The zero-order valence-electron chi connectivity index (χ0n) is 19.1. The van der Waals surface area contributed by atoms with E-state index in [4.69, 9.17) is 0 Å². The van der Waals surface area contributed by atoms with E-state index in [2.05, 4.69) is 19.9 Å². The Kier molecular flexibility index (Phi) is 5.44. The predicted molar refractivity (Wildman–Crippen MR) is 117 cm³/mol. The molecule has 2 fully saturated rings. The molecular weight excluding hydrogens is 475 g/mol. The summed E-state index contributed by atoms with van der Waals surface area (Å²) >= 11 is 0. The number of hydrogen-bond donors (Lipinski definition) is 0. The third-order valence-corrected chi connectivity index (χ3v) is 6.59. The molecule has 188 valence electrons. The van der Waals surface area contributed by atoms with Crippen LogP contribution < -0.4 is 15.5 Å². The van der Waals surface area contributed by atoms with Gasteiger partial charge in [-0.2, -0.15) is 13.2 Å². The number of hydrogen-bond acceptors (Lipinski definition) is 7. The van der Waals surface area contributed by atoms with Gasteiger partial charge in [-0.1, -0.05) is 0 Å². The highest BCUT2D eigenvalue weighted by Crippen LogP contribution is 2.43. The number of rotatable bonds is 5. The molecule has 0 saturated carbocycles. The Labute approximate surface area is 196 Å². The molecule has 3 aromatic rings. The molecule has 2 aliphatic rings. The summed E-state index contributed by atoms with van der Waals surface area (Å²) in [4.78, 5) is 32.9. The zero-order valence-corrected chi connectivity index (χ0v) is 19.1. The zero-order chi connectivity index (χ0) is 25.1. The van der Waals surface area contributed by atoms with Gasteiger partial charge in [0, 0.05) is 44.2 Å². The third-order valence-electron chi connectivity index (χ3n) is 6.59. The van der Waals surface area contributed by atoms with Crippen LogP contribution in [0.15, 0.2) is 17.1 Å². The monoisotopic (exact) mass is 498 g/mol. The molecule has 0 aliphatic carbocycles. The lowest BCUT2D eigenvalue weighted by atomic mass is 9.79. The Bertz CT molecular complexity index is 1330. The topological polar surface area (TPSA) is 85.0 Å². The van der Waals surface area contributed by atoms with Crippen LogP contribution in [-0.4, -0.2) is 61.7 Å². The van der Waals surface area contributed by atoms with E-state index in [1.165, 1.54) is 17.7 Å². The van der Waals surface area contributed by atoms with E-state index >= 15 is 0 Å². The van der Waals surface area contributed by atoms with Gasteiger partial charge in [-0.25, -0.2) is 33.5 Å². The third kappa shape index (κ3) is 4.08. The van der Waals surface area contributed by atoms with Crippen molar-refractivity contribution in [2.75, 3.05) is 36.0 Å². The number of halogens is 5. The van der Waals surface area contributed by atoms with Crippen molar-refractivity contribution in [3.05, 3.63) is 34.3 Å². The Morgan fingerprint density at radius 2 is 1.74 bits per heavy atom. The highest BCUT2D eigenvalue weighted by atomic mass is 19.4. The first-order valence-corrected chi connectivity index (χ1v) is 11.2. The van der Waals surface area contributed by atoms with Gasteiger partial charge in [-0.05, 0) is 20.3 Å². The van der Waals surface area contributed by atoms with Crippen LogP contribution in [0.25, 0.3) is 11.3 Å². The lowest BCUT2D eigenvalue weighted by Crippen LogP contribution is -2.58. The van der Waals surface area contributed by atoms with E-state index in [-0.39, 0.29) is 34.9 Å². The standard InChI is InChI=1S/C21H23F5N8O/c1-3-33-18-17(34(19(33)35)8-14(22)23)27-7-16(30-18)31-5-4-20(9-31)10-32(11-20)15-6-13(21(24,25)26)28-12(2)29-15/h6-7,14H,3-5,8-11H2,1-2H3. The van der Waals surface area contributed by atoms with Crippen molar-refractivity contribution in [1.82, 2.24) is 29.1 Å². The number of nitrogens with zero attached hydrogens (tertiary/aromatic N) is 8. The second kappa shape index (κ2) is 8.12. The first-order valence-electron chi connectivity index (χ1n) is 11.2. The average molecular weight is 498 g/mol. The lowest BCUT2D eigenvalue weighted by molar-refractivity contribution is -0.141. The minimum Gasteiger partial charge on any atom is -0.355 e. The predicted octanol–water partition coefficient (Wildman–Crippen LogP) is 2.71. The van der Waals surface area contributed by atoms with Crippen LogP contribution in [0.3, 0.4) is 0 Å². The first kappa shape index (κ1) is 23.4. The number of aryl methyl sites for hydroxylation is 2. The maximum absolute atomic E-state index is 13.1. The van der Waals surface area contributed by atoms with Crippen LogP contribution in [-0.2, 0) is 19.3 Å². The largest absolute Gasteiger partial charge is 0.433 e. The molecule has 14 heteroatoms. The Balaban J connectivity index is 1.35. The highest BCUT2D eigenvalue weighted by molar-refractivity contribution is 5.69.